The third-order valence-corrected chi connectivity index (χ3v) is 1.34. The lowest BCUT2D eigenvalue weighted by atomic mass is 10.3. The van der Waals surface area contributed by atoms with Crippen molar-refractivity contribution in [3.63, 3.8) is 0 Å². The van der Waals surface area contributed by atoms with Crippen LogP contribution in [-0.2, 0) is 0 Å². The average Bonchev–Trinajstić information content (AvgIpc) is 1.85. The Kier molecular flexibility index (Phi) is 2.60. The molecule has 0 amide bonds. The van der Waals surface area contributed by atoms with Crippen molar-refractivity contribution in [2.24, 2.45) is 0 Å². The fourth-order valence-corrected chi connectivity index (χ4v) is 0.893. The fraction of sp³-hybridized carbons (Fsp3) is 0. The maximum absolute atomic E-state index is 11.6. The second-order valence-electron chi connectivity index (χ2n) is 1.79. The van der Waals surface area contributed by atoms with Gasteiger partial charge in [-0.3, -0.25) is 0 Å². The predicted molar refractivity (Wildman–Crippen MR) is 37.9 cm³/mol. The Bertz CT molecular complexity index is 242. The van der Waals surface area contributed by atoms with Crippen molar-refractivity contribution in [1.82, 2.24) is 0 Å². The molecule has 0 saturated carbocycles. The number of phenols is 1. The lowest BCUT2D eigenvalue weighted by Gasteiger charge is -2.00. The first-order chi connectivity index (χ1) is 5.18. The molecule has 0 fully saturated rings. The molecule has 0 aliphatic carbocycles. The molecular weight excluding hydrogens is 173 g/mol. The summed E-state index contributed by atoms with van der Waals surface area (Å²) in [5.74, 6) is -0.0968. The molecule has 0 radical (unpaired) electrons. The van der Waals surface area contributed by atoms with Gasteiger partial charge in [0.05, 0.1) is 0 Å². The second kappa shape index (κ2) is 3.49. The predicted octanol–water partition coefficient (Wildman–Crippen LogP) is 2.94. The van der Waals surface area contributed by atoms with Gasteiger partial charge in [0.25, 0.3) is 0 Å². The zero-order valence-electron chi connectivity index (χ0n) is 5.37. The van der Waals surface area contributed by atoms with Crippen LogP contribution in [0.3, 0.4) is 0 Å². The molecular formula is C6H5F2O2P. The van der Waals surface area contributed by atoms with Crippen molar-refractivity contribution in [1.29, 1.82) is 0 Å². The lowest BCUT2D eigenvalue weighted by molar-refractivity contribution is 0.466. The maximum Gasteiger partial charge on any atom is 0.481 e. The zero-order chi connectivity index (χ0) is 8.27. The van der Waals surface area contributed by atoms with E-state index in [9.17, 15) is 8.39 Å². The molecule has 5 heteroatoms. The number of benzene rings is 1. The molecule has 0 atom stereocenters. The standard InChI is InChI=1S/C6H5F2O2P/c7-11(8)10-6-3-1-2-5(9)4-6/h1-4,9H. The van der Waals surface area contributed by atoms with Gasteiger partial charge in [0, 0.05) is 6.07 Å². The molecule has 0 aliphatic rings. The molecule has 0 aromatic heterocycles. The summed E-state index contributed by atoms with van der Waals surface area (Å²) in [7, 11) is -3.40. The van der Waals surface area contributed by atoms with E-state index in [0.717, 1.165) is 6.07 Å². The van der Waals surface area contributed by atoms with E-state index >= 15 is 0 Å². The summed E-state index contributed by atoms with van der Waals surface area (Å²) < 4.78 is 27.3. The first-order valence-electron chi connectivity index (χ1n) is 2.77. The van der Waals surface area contributed by atoms with Crippen molar-refractivity contribution in [2.45, 2.75) is 0 Å². The van der Waals surface area contributed by atoms with E-state index in [1.165, 1.54) is 18.2 Å². The third kappa shape index (κ3) is 2.68. The van der Waals surface area contributed by atoms with Gasteiger partial charge < -0.3 is 9.63 Å². The van der Waals surface area contributed by atoms with E-state index < -0.39 is 8.77 Å². The van der Waals surface area contributed by atoms with Gasteiger partial charge in [0.1, 0.15) is 11.5 Å². The molecule has 0 bridgehead atoms. The van der Waals surface area contributed by atoms with Crippen LogP contribution in [0.15, 0.2) is 24.3 Å². The van der Waals surface area contributed by atoms with E-state index in [0.29, 0.717) is 0 Å². The summed E-state index contributed by atoms with van der Waals surface area (Å²) >= 11 is 0. The van der Waals surface area contributed by atoms with Crippen LogP contribution in [0, 0.1) is 0 Å². The van der Waals surface area contributed by atoms with Crippen LogP contribution in [0.25, 0.3) is 0 Å². The number of hydrogen-bond acceptors (Lipinski definition) is 2. The minimum Gasteiger partial charge on any atom is -0.508 e. The van der Waals surface area contributed by atoms with Crippen molar-refractivity contribution in [3.8, 4) is 11.5 Å². The molecule has 60 valence electrons. The van der Waals surface area contributed by atoms with Crippen LogP contribution >= 0.6 is 8.77 Å². The van der Waals surface area contributed by atoms with Crippen LogP contribution < -0.4 is 4.52 Å². The van der Waals surface area contributed by atoms with Crippen molar-refractivity contribution >= 4 is 8.77 Å². The Morgan fingerprint density at radius 1 is 1.36 bits per heavy atom. The summed E-state index contributed by atoms with van der Waals surface area (Å²) in [5, 5.41) is 8.81. The highest BCUT2D eigenvalue weighted by Gasteiger charge is 2.06. The SMILES string of the molecule is Oc1cccc(OP(F)F)c1. The number of phenolic OH excluding ortho intramolecular Hbond substituents is 1. The van der Waals surface area contributed by atoms with Crippen LogP contribution in [0.5, 0.6) is 11.5 Å². The van der Waals surface area contributed by atoms with Gasteiger partial charge >= 0.3 is 8.77 Å². The molecule has 1 rings (SSSR count). The highest BCUT2D eigenvalue weighted by Crippen LogP contribution is 2.41. The molecule has 1 aromatic rings. The highest BCUT2D eigenvalue weighted by molar-refractivity contribution is 7.41. The number of rotatable bonds is 2. The first-order valence-corrected chi connectivity index (χ1v) is 3.81. The number of halogens is 2. The van der Waals surface area contributed by atoms with E-state index in [1.807, 2.05) is 0 Å². The van der Waals surface area contributed by atoms with Gasteiger partial charge in [0.2, 0.25) is 0 Å². The van der Waals surface area contributed by atoms with Crippen molar-refractivity contribution in [3.05, 3.63) is 24.3 Å². The molecule has 11 heavy (non-hydrogen) atoms. The van der Waals surface area contributed by atoms with Gasteiger partial charge in [-0.2, -0.15) is 0 Å². The molecule has 1 N–H and O–H groups in total. The Morgan fingerprint density at radius 2 is 2.09 bits per heavy atom. The topological polar surface area (TPSA) is 29.5 Å². The molecule has 0 heterocycles. The summed E-state index contributed by atoms with van der Waals surface area (Å²) in [6.45, 7) is 0. The van der Waals surface area contributed by atoms with Gasteiger partial charge in [-0.05, 0) is 12.1 Å². The Morgan fingerprint density at radius 3 is 2.64 bits per heavy atom. The van der Waals surface area contributed by atoms with E-state index in [4.69, 9.17) is 5.11 Å². The van der Waals surface area contributed by atoms with Crippen LogP contribution in [0.2, 0.25) is 0 Å². The van der Waals surface area contributed by atoms with Crippen LogP contribution in [0.4, 0.5) is 8.39 Å². The Balaban J connectivity index is 2.71. The second-order valence-corrected chi connectivity index (χ2v) is 2.38. The van der Waals surface area contributed by atoms with Crippen LogP contribution in [0.1, 0.15) is 0 Å². The molecule has 0 saturated heterocycles. The number of hydrogen-bond donors (Lipinski definition) is 1. The summed E-state index contributed by atoms with van der Waals surface area (Å²) in [5.41, 5.74) is 0. The van der Waals surface area contributed by atoms with E-state index in [2.05, 4.69) is 4.52 Å². The molecule has 0 spiro atoms. The van der Waals surface area contributed by atoms with Gasteiger partial charge in [0.15, 0.2) is 0 Å². The smallest absolute Gasteiger partial charge is 0.481 e. The molecule has 0 aliphatic heterocycles. The maximum atomic E-state index is 11.6. The minimum absolute atomic E-state index is 0.0129. The average molecular weight is 178 g/mol. The monoisotopic (exact) mass is 178 g/mol. The normalized spacial score (nSPS) is 10.1. The largest absolute Gasteiger partial charge is 0.508 e. The summed E-state index contributed by atoms with van der Waals surface area (Å²) in [6.07, 6.45) is 0. The van der Waals surface area contributed by atoms with Gasteiger partial charge in [-0.15, -0.1) is 8.39 Å². The minimum atomic E-state index is -3.40. The summed E-state index contributed by atoms with van der Waals surface area (Å²) in [4.78, 5) is 0. The zero-order valence-corrected chi connectivity index (χ0v) is 6.26. The number of aromatic hydroxyl groups is 1. The van der Waals surface area contributed by atoms with E-state index in [-0.39, 0.29) is 11.5 Å². The third-order valence-electron chi connectivity index (χ3n) is 0.992. The lowest BCUT2D eigenvalue weighted by Crippen LogP contribution is -1.77. The van der Waals surface area contributed by atoms with Gasteiger partial charge in [-0.25, -0.2) is 0 Å². The van der Waals surface area contributed by atoms with Crippen molar-refractivity contribution in [2.75, 3.05) is 0 Å². The van der Waals surface area contributed by atoms with Gasteiger partial charge in [-0.1, -0.05) is 6.07 Å². The first kappa shape index (κ1) is 8.21. The Hall–Kier alpha value is -0.890. The molecule has 1 aromatic carbocycles. The van der Waals surface area contributed by atoms with Crippen molar-refractivity contribution < 1.29 is 18.0 Å². The summed E-state index contributed by atoms with van der Waals surface area (Å²) in [6, 6.07) is 5.30. The molecule has 2 nitrogen and oxygen atoms in total. The highest BCUT2D eigenvalue weighted by atomic mass is 31.2. The molecule has 0 unspecified atom stereocenters. The van der Waals surface area contributed by atoms with Crippen LogP contribution in [-0.4, -0.2) is 5.11 Å². The van der Waals surface area contributed by atoms with E-state index in [1.54, 1.807) is 0 Å². The fourth-order valence-electron chi connectivity index (χ4n) is 0.620. The Labute approximate surface area is 63.5 Å². The quantitative estimate of drug-likeness (QED) is 0.705.